The maximum Gasteiger partial charge on any atom is 0.231 e. The van der Waals surface area contributed by atoms with Gasteiger partial charge in [0.15, 0.2) is 17.3 Å². The van der Waals surface area contributed by atoms with Crippen molar-refractivity contribution in [2.24, 2.45) is 5.41 Å². The van der Waals surface area contributed by atoms with Gasteiger partial charge in [0, 0.05) is 28.4 Å². The maximum absolute atomic E-state index is 13.0. The molecule has 2 aliphatic rings. The van der Waals surface area contributed by atoms with Crippen LogP contribution in [-0.2, 0) is 10.2 Å². The van der Waals surface area contributed by atoms with Gasteiger partial charge in [-0.15, -0.1) is 0 Å². The molecule has 1 aromatic rings. The number of hydrogen-bond donors (Lipinski definition) is 3. The van der Waals surface area contributed by atoms with E-state index in [4.69, 9.17) is 4.74 Å². The molecular formula is C21H26O6. The number of carbonyl (C=O) groups is 2. The number of methoxy groups -OCH3 is 1. The van der Waals surface area contributed by atoms with Crippen molar-refractivity contribution in [2.45, 2.75) is 58.8 Å². The van der Waals surface area contributed by atoms with Crippen LogP contribution in [0.4, 0.5) is 0 Å². The van der Waals surface area contributed by atoms with Gasteiger partial charge in [-0.2, -0.15) is 0 Å². The number of rotatable bonds is 2. The molecule has 0 bridgehead atoms. The van der Waals surface area contributed by atoms with Gasteiger partial charge < -0.3 is 20.1 Å². The molecule has 3 N–H and O–H groups in total. The smallest absolute Gasteiger partial charge is 0.231 e. The van der Waals surface area contributed by atoms with E-state index in [0.717, 1.165) is 0 Å². The van der Waals surface area contributed by atoms with Crippen molar-refractivity contribution in [2.75, 3.05) is 7.11 Å². The fourth-order valence-electron chi connectivity index (χ4n) is 4.89. The number of ether oxygens (including phenoxy) is 1. The number of aromatic hydroxyl groups is 2. The minimum atomic E-state index is -1.06. The number of phenols is 2. The Labute approximate surface area is 158 Å². The third-order valence-corrected chi connectivity index (χ3v) is 6.18. The van der Waals surface area contributed by atoms with E-state index in [9.17, 15) is 24.9 Å². The summed E-state index contributed by atoms with van der Waals surface area (Å²) in [5.41, 5.74) is -1.32. The second kappa shape index (κ2) is 5.75. The summed E-state index contributed by atoms with van der Waals surface area (Å²) in [5.74, 6) is -2.00. The Morgan fingerprint density at radius 2 is 1.63 bits per heavy atom. The molecule has 146 valence electrons. The molecule has 1 saturated carbocycles. The first-order chi connectivity index (χ1) is 12.4. The van der Waals surface area contributed by atoms with Crippen LogP contribution in [0.25, 0.3) is 0 Å². The van der Waals surface area contributed by atoms with Crippen LogP contribution in [0.3, 0.4) is 0 Å². The van der Waals surface area contributed by atoms with Gasteiger partial charge in [-0.25, -0.2) is 0 Å². The molecule has 2 aliphatic carbocycles. The molecule has 6 heteroatoms. The molecule has 0 radical (unpaired) electrons. The number of phenolic OH excluding ortho intramolecular Hbond substituents is 2. The summed E-state index contributed by atoms with van der Waals surface area (Å²) < 4.78 is 5.38. The van der Waals surface area contributed by atoms with E-state index >= 15 is 0 Å². The molecule has 1 aromatic carbocycles. The minimum Gasteiger partial charge on any atom is -0.507 e. The number of benzene rings is 1. The van der Waals surface area contributed by atoms with Crippen LogP contribution in [0.5, 0.6) is 17.2 Å². The first-order valence-electron chi connectivity index (χ1n) is 9.09. The highest BCUT2D eigenvalue weighted by molar-refractivity contribution is 6.14. The van der Waals surface area contributed by atoms with E-state index in [-0.39, 0.29) is 52.1 Å². The first kappa shape index (κ1) is 19.3. The summed E-state index contributed by atoms with van der Waals surface area (Å²) in [7, 11) is 1.39. The van der Waals surface area contributed by atoms with Gasteiger partial charge in [-0.05, 0) is 31.8 Å². The fourth-order valence-corrected chi connectivity index (χ4v) is 4.89. The Balaban J connectivity index is 2.49. The highest BCUT2D eigenvalue weighted by Gasteiger charge is 2.56. The van der Waals surface area contributed by atoms with Crippen molar-refractivity contribution < 1.29 is 29.6 Å². The Hall–Kier alpha value is -2.50. The van der Waals surface area contributed by atoms with Crippen molar-refractivity contribution >= 4 is 11.6 Å². The summed E-state index contributed by atoms with van der Waals surface area (Å²) in [6, 6.07) is 0. The van der Waals surface area contributed by atoms with Crippen molar-refractivity contribution in [1.29, 1.82) is 0 Å². The van der Waals surface area contributed by atoms with E-state index in [2.05, 4.69) is 0 Å². The van der Waals surface area contributed by atoms with Gasteiger partial charge >= 0.3 is 0 Å². The molecule has 0 aliphatic heterocycles. The molecule has 3 rings (SSSR count). The number of carbonyl (C=O) groups excluding carboxylic acids is 2. The lowest BCUT2D eigenvalue weighted by molar-refractivity contribution is -0.127. The second-order valence-electron chi connectivity index (χ2n) is 8.48. The molecule has 1 unspecified atom stereocenters. The Kier molecular flexibility index (Phi) is 4.10. The highest BCUT2D eigenvalue weighted by atomic mass is 16.5. The van der Waals surface area contributed by atoms with Crippen LogP contribution in [0.15, 0.2) is 11.3 Å². The fraction of sp³-hybridized carbons (Fsp3) is 0.524. The van der Waals surface area contributed by atoms with E-state index in [1.165, 1.54) is 7.11 Å². The summed E-state index contributed by atoms with van der Waals surface area (Å²) in [6.07, 6.45) is 0.550. The molecule has 0 saturated heterocycles. The van der Waals surface area contributed by atoms with Crippen LogP contribution in [0.2, 0.25) is 0 Å². The third-order valence-electron chi connectivity index (χ3n) is 6.18. The number of Topliss-reactive ketones (excluding diaryl/α,β-unsaturated/α-hetero) is 2. The predicted molar refractivity (Wildman–Crippen MR) is 99.8 cm³/mol. The molecule has 1 fully saturated rings. The Bertz CT molecular complexity index is 906. The quantitative estimate of drug-likeness (QED) is 0.679. The lowest BCUT2D eigenvalue weighted by Crippen LogP contribution is -2.47. The first-order valence-corrected chi connectivity index (χ1v) is 9.09. The zero-order valence-corrected chi connectivity index (χ0v) is 16.6. The van der Waals surface area contributed by atoms with Gasteiger partial charge in [-0.3, -0.25) is 9.59 Å². The SMILES string of the molecule is COc1c(O)c2c(c(O)c1C(C)C)C(=O)C(O)=C1C(C)(C)C(=O)CCC12C. The monoisotopic (exact) mass is 374 g/mol. The van der Waals surface area contributed by atoms with Crippen LogP contribution < -0.4 is 4.74 Å². The Morgan fingerprint density at radius 3 is 2.15 bits per heavy atom. The third kappa shape index (κ3) is 2.25. The zero-order valence-electron chi connectivity index (χ0n) is 16.6. The summed E-state index contributed by atoms with van der Waals surface area (Å²) in [5, 5.41) is 32.7. The molecular weight excluding hydrogens is 348 g/mol. The number of allylic oxidation sites excluding steroid dienone is 2. The number of fused-ring (bicyclic) bond motifs is 3. The van der Waals surface area contributed by atoms with Crippen LogP contribution in [0, 0.1) is 5.41 Å². The summed E-state index contributed by atoms with van der Waals surface area (Å²) in [6.45, 7) is 8.75. The maximum atomic E-state index is 13.0. The molecule has 1 atom stereocenters. The molecule has 0 aromatic heterocycles. The van der Waals surface area contributed by atoms with E-state index in [1.54, 1.807) is 20.8 Å². The summed E-state index contributed by atoms with van der Waals surface area (Å²) >= 11 is 0. The van der Waals surface area contributed by atoms with Gasteiger partial charge in [0.25, 0.3) is 0 Å². The van der Waals surface area contributed by atoms with Crippen LogP contribution >= 0.6 is 0 Å². The second-order valence-corrected chi connectivity index (χ2v) is 8.48. The minimum absolute atomic E-state index is 0.0766. The van der Waals surface area contributed by atoms with E-state index in [0.29, 0.717) is 12.0 Å². The molecule has 6 nitrogen and oxygen atoms in total. The van der Waals surface area contributed by atoms with Crippen molar-refractivity contribution in [3.05, 3.63) is 28.0 Å². The van der Waals surface area contributed by atoms with Crippen molar-refractivity contribution in [3.63, 3.8) is 0 Å². The van der Waals surface area contributed by atoms with Gasteiger partial charge in [0.1, 0.15) is 11.5 Å². The number of ketones is 2. The molecule has 0 heterocycles. The van der Waals surface area contributed by atoms with Gasteiger partial charge in [0.05, 0.1) is 12.7 Å². The van der Waals surface area contributed by atoms with Gasteiger partial charge in [0.2, 0.25) is 5.78 Å². The van der Waals surface area contributed by atoms with Crippen molar-refractivity contribution in [3.8, 4) is 17.2 Å². The Morgan fingerprint density at radius 1 is 1.04 bits per heavy atom. The standard InChI is InChI=1S/C21H26O6/c1-9(2)11-14(23)12-13(16(25)18(11)27-6)21(5)8-7-10(22)20(3,4)19(21)17(26)15(12)24/h9,23,25-26H,7-8H2,1-6H3. The highest BCUT2D eigenvalue weighted by Crippen LogP contribution is 2.60. The predicted octanol–water partition coefficient (Wildman–Crippen LogP) is 3.89. The van der Waals surface area contributed by atoms with Crippen molar-refractivity contribution in [1.82, 2.24) is 0 Å². The normalized spacial score (nSPS) is 24.1. The van der Waals surface area contributed by atoms with Crippen LogP contribution in [0.1, 0.15) is 74.9 Å². The number of hydrogen-bond acceptors (Lipinski definition) is 6. The van der Waals surface area contributed by atoms with E-state index in [1.807, 2.05) is 13.8 Å². The number of aliphatic hydroxyl groups excluding tert-OH is 1. The number of aliphatic hydroxyl groups is 1. The average Bonchev–Trinajstić information content (AvgIpc) is 2.57. The van der Waals surface area contributed by atoms with Gasteiger partial charge in [-0.1, -0.05) is 20.8 Å². The molecule has 0 amide bonds. The molecule has 0 spiro atoms. The average molecular weight is 374 g/mol. The van der Waals surface area contributed by atoms with E-state index < -0.39 is 22.4 Å². The lowest BCUT2D eigenvalue weighted by Gasteiger charge is -2.48. The zero-order chi connectivity index (χ0) is 20.5. The summed E-state index contributed by atoms with van der Waals surface area (Å²) in [4.78, 5) is 25.5. The lowest BCUT2D eigenvalue weighted by atomic mass is 9.54. The topological polar surface area (TPSA) is 104 Å². The molecule has 27 heavy (non-hydrogen) atoms. The van der Waals surface area contributed by atoms with Crippen LogP contribution in [-0.4, -0.2) is 34.0 Å². The largest absolute Gasteiger partial charge is 0.507 e.